The molecule has 1 unspecified atom stereocenters. The van der Waals surface area contributed by atoms with E-state index in [1.807, 2.05) is 12.1 Å². The molecular weight excluding hydrogens is 480 g/mol. The molecule has 4 N–H and O–H groups in total. The highest BCUT2D eigenvalue weighted by molar-refractivity contribution is 7.78. The van der Waals surface area contributed by atoms with E-state index in [0.717, 1.165) is 24.8 Å². The van der Waals surface area contributed by atoms with Crippen molar-refractivity contribution < 1.29 is 19.2 Å². The average Bonchev–Trinajstić information content (AvgIpc) is 3.31. The Kier molecular flexibility index (Phi) is 8.40. The first-order valence-corrected chi connectivity index (χ1v) is 13.2. The average molecular weight is 517 g/mol. The van der Waals surface area contributed by atoms with E-state index in [-0.39, 0.29) is 36.3 Å². The Morgan fingerprint density at radius 1 is 1.06 bits per heavy atom. The lowest BCUT2D eigenvalue weighted by molar-refractivity contribution is -0.145. The Hall–Kier alpha value is -2.79. The summed E-state index contributed by atoms with van der Waals surface area (Å²) in [5.41, 5.74) is 2.40. The third kappa shape index (κ3) is 5.46. The third-order valence-corrected chi connectivity index (χ3v) is 7.90. The molecule has 2 aliphatic heterocycles. The fraction of sp³-hybridized carbons (Fsp3) is 0.600. The number of carbonyl (C=O) groups is 4. The number of likely N-dealkylation sites (N-methyl/N-ethyl adjacent to an activating group) is 1. The Morgan fingerprint density at radius 3 is 2.58 bits per heavy atom. The fourth-order valence-electron chi connectivity index (χ4n) is 5.59. The highest BCUT2D eigenvalue weighted by Crippen LogP contribution is 2.32. The fourth-order valence-corrected chi connectivity index (χ4v) is 5.74. The van der Waals surface area contributed by atoms with Gasteiger partial charge in [-0.05, 0) is 63.6 Å². The zero-order valence-electron chi connectivity index (χ0n) is 20.8. The molecule has 196 valence electrons. The second-order valence-corrected chi connectivity index (χ2v) is 10.1. The summed E-state index contributed by atoms with van der Waals surface area (Å²) in [4.78, 5) is 55.5. The van der Waals surface area contributed by atoms with Crippen LogP contribution in [-0.2, 0) is 20.8 Å². The third-order valence-electron chi connectivity index (χ3n) is 7.70. The van der Waals surface area contributed by atoms with Gasteiger partial charge in [0.1, 0.15) is 12.1 Å². The number of nitrogens with zero attached hydrogens (tertiary/aromatic N) is 2. The lowest BCUT2D eigenvalue weighted by atomic mass is 9.87. The van der Waals surface area contributed by atoms with E-state index in [2.05, 4.69) is 45.6 Å². The van der Waals surface area contributed by atoms with Crippen LogP contribution in [0.1, 0.15) is 56.2 Å². The lowest BCUT2D eigenvalue weighted by Gasteiger charge is -2.39. The highest BCUT2D eigenvalue weighted by atomic mass is 32.1. The van der Waals surface area contributed by atoms with Crippen LogP contribution in [0.5, 0.6) is 0 Å². The molecule has 5 amide bonds. The van der Waals surface area contributed by atoms with Gasteiger partial charge >= 0.3 is 6.03 Å². The molecule has 36 heavy (non-hydrogen) atoms. The van der Waals surface area contributed by atoms with Crippen LogP contribution >= 0.6 is 12.8 Å². The zero-order chi connectivity index (χ0) is 25.8. The van der Waals surface area contributed by atoms with Gasteiger partial charge in [-0.1, -0.05) is 37.1 Å². The first-order valence-electron chi connectivity index (χ1n) is 12.7. The van der Waals surface area contributed by atoms with Gasteiger partial charge in [0, 0.05) is 12.6 Å². The molecule has 4 rings (SSSR count). The van der Waals surface area contributed by atoms with Gasteiger partial charge in [-0.25, -0.2) is 4.79 Å². The van der Waals surface area contributed by atoms with Gasteiger partial charge in [0.25, 0.3) is 0 Å². The first-order chi connectivity index (χ1) is 17.3. The molecular formula is C25H36N6O4S. The van der Waals surface area contributed by atoms with Gasteiger partial charge in [-0.3, -0.25) is 19.1 Å². The number of carbonyl (C=O) groups excluding carboxylic acids is 4. The minimum atomic E-state index is -0.967. The number of hydrogen-bond donors (Lipinski definition) is 5. The van der Waals surface area contributed by atoms with Crippen LogP contribution in [0, 0.1) is 0 Å². The lowest BCUT2D eigenvalue weighted by Crippen LogP contribution is -2.62. The zero-order valence-corrected chi connectivity index (χ0v) is 21.7. The number of nitrogens with one attached hydrogen (secondary N) is 4. The van der Waals surface area contributed by atoms with Crippen molar-refractivity contribution in [3.05, 3.63) is 35.4 Å². The second kappa shape index (κ2) is 11.5. The molecule has 1 aromatic rings. The van der Waals surface area contributed by atoms with E-state index in [4.69, 9.17) is 0 Å². The molecule has 0 aromatic heterocycles. The van der Waals surface area contributed by atoms with Gasteiger partial charge in [-0.15, -0.1) is 0 Å². The minimum absolute atomic E-state index is 0.000953. The summed E-state index contributed by atoms with van der Waals surface area (Å²) in [6.45, 7) is 2.08. The molecule has 0 radical (unpaired) electrons. The van der Waals surface area contributed by atoms with Crippen molar-refractivity contribution in [2.45, 2.75) is 75.7 Å². The maximum absolute atomic E-state index is 13.8. The van der Waals surface area contributed by atoms with E-state index >= 15 is 0 Å². The van der Waals surface area contributed by atoms with E-state index in [0.29, 0.717) is 25.8 Å². The molecule has 1 aromatic carbocycles. The maximum Gasteiger partial charge on any atom is 0.327 e. The molecule has 1 aliphatic carbocycles. The summed E-state index contributed by atoms with van der Waals surface area (Å²) in [5.74, 6) is -0.847. The molecule has 11 heteroatoms. The van der Waals surface area contributed by atoms with Crippen molar-refractivity contribution in [2.24, 2.45) is 0 Å². The molecule has 3 aliphatic rings. The standard InChI is InChI=1S/C25H36N6O4S/c1-15(26-2)22(32)28-20-14-30(25(35)29-36)13-12-17-10-11-21(31(17)24(20)34)23(33)27-19-9-5-7-16-6-3-4-8-18(16)19/h3-4,6,8,15,17,19-21,26,36H,5,7,9-14H2,1-2H3,(H,27,33)(H,28,32)(H,29,35)/t15-,17+,19?,20-,21-/m0/s1. The van der Waals surface area contributed by atoms with E-state index < -0.39 is 24.2 Å². The van der Waals surface area contributed by atoms with Gasteiger partial charge in [-0.2, -0.15) is 0 Å². The Labute approximate surface area is 217 Å². The maximum atomic E-state index is 13.8. The predicted octanol–water partition coefficient (Wildman–Crippen LogP) is 0.893. The summed E-state index contributed by atoms with van der Waals surface area (Å²) in [7, 11) is 1.66. The van der Waals surface area contributed by atoms with Crippen LogP contribution in [0.15, 0.2) is 24.3 Å². The normalized spacial score (nSPS) is 26.7. The van der Waals surface area contributed by atoms with Gasteiger partial charge in [0.2, 0.25) is 17.7 Å². The summed E-state index contributed by atoms with van der Waals surface area (Å²) in [6.07, 6.45) is 4.62. The van der Waals surface area contributed by atoms with Crippen LogP contribution in [-0.4, -0.2) is 77.9 Å². The summed E-state index contributed by atoms with van der Waals surface area (Å²) < 4.78 is 2.31. The van der Waals surface area contributed by atoms with E-state index in [1.54, 1.807) is 18.9 Å². The summed E-state index contributed by atoms with van der Waals surface area (Å²) in [6, 6.07) is 5.39. The number of thiol groups is 1. The molecule has 0 saturated carbocycles. The molecule has 2 saturated heterocycles. The molecule has 10 nitrogen and oxygen atoms in total. The Morgan fingerprint density at radius 2 is 1.83 bits per heavy atom. The number of urea groups is 1. The van der Waals surface area contributed by atoms with Crippen molar-refractivity contribution >= 4 is 36.6 Å². The van der Waals surface area contributed by atoms with Gasteiger partial charge in [0.05, 0.1) is 18.6 Å². The van der Waals surface area contributed by atoms with Crippen LogP contribution in [0.4, 0.5) is 4.79 Å². The van der Waals surface area contributed by atoms with Crippen molar-refractivity contribution in [3.63, 3.8) is 0 Å². The first kappa shape index (κ1) is 26.3. The number of benzene rings is 1. The van der Waals surface area contributed by atoms with E-state index in [9.17, 15) is 19.2 Å². The van der Waals surface area contributed by atoms with Crippen LogP contribution in [0.25, 0.3) is 0 Å². The summed E-state index contributed by atoms with van der Waals surface area (Å²) in [5, 5.41) is 8.87. The number of fused-ring (bicyclic) bond motifs is 2. The molecule has 0 spiro atoms. The number of hydrogen-bond acceptors (Lipinski definition) is 6. The van der Waals surface area contributed by atoms with Crippen molar-refractivity contribution in [3.8, 4) is 0 Å². The number of amides is 5. The quantitative estimate of drug-likeness (QED) is 0.372. The molecule has 5 atom stereocenters. The molecule has 0 bridgehead atoms. The predicted molar refractivity (Wildman–Crippen MR) is 138 cm³/mol. The van der Waals surface area contributed by atoms with Crippen molar-refractivity contribution in [1.29, 1.82) is 0 Å². The van der Waals surface area contributed by atoms with Crippen LogP contribution in [0.2, 0.25) is 0 Å². The minimum Gasteiger partial charge on any atom is -0.347 e. The molecule has 2 heterocycles. The summed E-state index contributed by atoms with van der Waals surface area (Å²) >= 11 is 3.87. The van der Waals surface area contributed by atoms with Gasteiger partial charge in [0.15, 0.2) is 0 Å². The highest BCUT2D eigenvalue weighted by Gasteiger charge is 2.46. The van der Waals surface area contributed by atoms with Crippen LogP contribution in [0.3, 0.4) is 0 Å². The number of rotatable bonds is 5. The van der Waals surface area contributed by atoms with E-state index in [1.165, 1.54) is 10.5 Å². The van der Waals surface area contributed by atoms with Crippen molar-refractivity contribution in [1.82, 2.24) is 30.5 Å². The van der Waals surface area contributed by atoms with Crippen LogP contribution < -0.4 is 20.7 Å². The SMILES string of the molecule is CN[C@@H](C)C(=O)N[C@H]1CN(C(=O)NS)CC[C@H]2CC[C@@H](C(=O)NC3CCCc4ccccc43)N2C1=O. The van der Waals surface area contributed by atoms with Crippen molar-refractivity contribution in [2.75, 3.05) is 20.1 Å². The largest absolute Gasteiger partial charge is 0.347 e. The Balaban J connectivity index is 1.54. The second-order valence-electron chi connectivity index (χ2n) is 9.87. The Bertz CT molecular complexity index is 1010. The molecule has 2 fully saturated rings. The smallest absolute Gasteiger partial charge is 0.327 e. The topological polar surface area (TPSA) is 123 Å². The number of aryl methyl sites for hydroxylation is 1. The van der Waals surface area contributed by atoms with Gasteiger partial charge < -0.3 is 25.8 Å². The monoisotopic (exact) mass is 516 g/mol.